The molecule has 3 heteroatoms. The molecule has 0 amide bonds. The molecule has 1 N–H and O–H groups in total. The second kappa shape index (κ2) is 5.97. The number of nitriles is 1. The summed E-state index contributed by atoms with van der Waals surface area (Å²) in [4.78, 5) is 0. The van der Waals surface area contributed by atoms with Crippen LogP contribution in [0.3, 0.4) is 0 Å². The zero-order chi connectivity index (χ0) is 13.0. The smallest absolute Gasteiger partial charge is 0.140 e. The Kier molecular flexibility index (Phi) is 4.33. The standard InChI is InChI=1S/C15H19FN2/c1-11(13-4-2-3-5-13)18-10-12-6-7-15(16)14(8-12)9-17/h6-8,11,13,18H,2-5,10H2,1H3/t11-/m0/s1. The minimum atomic E-state index is -0.440. The van der Waals surface area contributed by atoms with Crippen molar-refractivity contribution >= 4 is 0 Å². The Morgan fingerprint density at radius 1 is 1.44 bits per heavy atom. The van der Waals surface area contributed by atoms with Crippen LogP contribution in [0.2, 0.25) is 0 Å². The van der Waals surface area contributed by atoms with Gasteiger partial charge in [-0.05, 0) is 43.4 Å². The van der Waals surface area contributed by atoms with Crippen molar-refractivity contribution in [3.8, 4) is 6.07 Å². The predicted molar refractivity (Wildman–Crippen MR) is 69.4 cm³/mol. The lowest BCUT2D eigenvalue weighted by Crippen LogP contribution is -2.31. The molecule has 1 aliphatic rings. The van der Waals surface area contributed by atoms with Gasteiger partial charge in [-0.1, -0.05) is 18.9 Å². The summed E-state index contributed by atoms with van der Waals surface area (Å²) < 4.78 is 13.2. The molecule has 0 saturated heterocycles. The molecular formula is C15H19FN2. The molecule has 0 radical (unpaired) electrons. The molecule has 2 nitrogen and oxygen atoms in total. The first-order valence-corrected chi connectivity index (χ1v) is 6.62. The van der Waals surface area contributed by atoms with Gasteiger partial charge in [-0.15, -0.1) is 0 Å². The van der Waals surface area contributed by atoms with Gasteiger partial charge in [0, 0.05) is 12.6 Å². The highest BCUT2D eigenvalue weighted by atomic mass is 19.1. The van der Waals surface area contributed by atoms with E-state index in [1.54, 1.807) is 12.1 Å². The molecule has 18 heavy (non-hydrogen) atoms. The first kappa shape index (κ1) is 13.0. The Balaban J connectivity index is 1.91. The van der Waals surface area contributed by atoms with Crippen LogP contribution in [-0.4, -0.2) is 6.04 Å². The number of nitrogens with one attached hydrogen (secondary N) is 1. The minimum Gasteiger partial charge on any atom is -0.310 e. The van der Waals surface area contributed by atoms with E-state index in [1.807, 2.05) is 6.07 Å². The van der Waals surface area contributed by atoms with Gasteiger partial charge in [-0.2, -0.15) is 5.26 Å². The molecule has 0 heterocycles. The van der Waals surface area contributed by atoms with Gasteiger partial charge in [0.25, 0.3) is 0 Å². The number of halogens is 1. The summed E-state index contributed by atoms with van der Waals surface area (Å²) in [6.07, 6.45) is 5.29. The molecule has 0 unspecified atom stereocenters. The van der Waals surface area contributed by atoms with Crippen molar-refractivity contribution in [1.82, 2.24) is 5.32 Å². The van der Waals surface area contributed by atoms with Crippen LogP contribution in [-0.2, 0) is 6.54 Å². The summed E-state index contributed by atoms with van der Waals surface area (Å²) in [5.41, 5.74) is 1.10. The fourth-order valence-electron chi connectivity index (χ4n) is 2.67. The van der Waals surface area contributed by atoms with Crippen LogP contribution in [0.4, 0.5) is 4.39 Å². The van der Waals surface area contributed by atoms with Gasteiger partial charge < -0.3 is 5.32 Å². The van der Waals surface area contributed by atoms with E-state index in [0.29, 0.717) is 12.6 Å². The first-order chi connectivity index (χ1) is 8.70. The summed E-state index contributed by atoms with van der Waals surface area (Å²) in [5, 5.41) is 12.3. The van der Waals surface area contributed by atoms with Crippen LogP contribution in [0, 0.1) is 23.1 Å². The van der Waals surface area contributed by atoms with E-state index in [2.05, 4.69) is 12.2 Å². The Morgan fingerprint density at radius 2 is 2.17 bits per heavy atom. The van der Waals surface area contributed by atoms with E-state index in [-0.39, 0.29) is 5.56 Å². The predicted octanol–water partition coefficient (Wildman–Crippen LogP) is 3.37. The zero-order valence-electron chi connectivity index (χ0n) is 10.7. The lowest BCUT2D eigenvalue weighted by atomic mass is 9.99. The Bertz CT molecular complexity index is 444. The quantitative estimate of drug-likeness (QED) is 0.884. The van der Waals surface area contributed by atoms with E-state index in [0.717, 1.165) is 11.5 Å². The monoisotopic (exact) mass is 246 g/mol. The average Bonchev–Trinajstić information content (AvgIpc) is 2.91. The second-order valence-electron chi connectivity index (χ2n) is 5.14. The Labute approximate surface area is 108 Å². The van der Waals surface area contributed by atoms with Crippen LogP contribution >= 0.6 is 0 Å². The SMILES string of the molecule is C[C@H](NCc1ccc(F)c(C#N)c1)C1CCCC1. The highest BCUT2D eigenvalue weighted by Crippen LogP contribution is 2.27. The summed E-state index contributed by atoms with van der Waals surface area (Å²) in [5.74, 6) is 0.325. The number of nitrogens with zero attached hydrogens (tertiary/aromatic N) is 1. The van der Waals surface area contributed by atoms with Crippen molar-refractivity contribution < 1.29 is 4.39 Å². The van der Waals surface area contributed by atoms with Crippen LogP contribution in [0.15, 0.2) is 18.2 Å². The van der Waals surface area contributed by atoms with E-state index in [4.69, 9.17) is 5.26 Å². The van der Waals surface area contributed by atoms with Gasteiger partial charge in [0.2, 0.25) is 0 Å². The van der Waals surface area contributed by atoms with Crippen LogP contribution in [0.5, 0.6) is 0 Å². The van der Waals surface area contributed by atoms with E-state index in [9.17, 15) is 4.39 Å². The average molecular weight is 246 g/mol. The maximum Gasteiger partial charge on any atom is 0.140 e. The molecule has 1 aliphatic carbocycles. The van der Waals surface area contributed by atoms with Crippen molar-refractivity contribution in [2.75, 3.05) is 0 Å². The third-order valence-electron chi connectivity index (χ3n) is 3.89. The Hall–Kier alpha value is -1.40. The van der Waals surface area contributed by atoms with Crippen LogP contribution in [0.25, 0.3) is 0 Å². The summed E-state index contributed by atoms with van der Waals surface area (Å²) >= 11 is 0. The van der Waals surface area contributed by atoms with Crippen molar-refractivity contribution in [3.63, 3.8) is 0 Å². The molecule has 0 bridgehead atoms. The minimum absolute atomic E-state index is 0.128. The molecule has 96 valence electrons. The van der Waals surface area contributed by atoms with Crippen LogP contribution < -0.4 is 5.32 Å². The number of benzene rings is 1. The van der Waals surface area contributed by atoms with Gasteiger partial charge >= 0.3 is 0 Å². The van der Waals surface area contributed by atoms with Crippen molar-refractivity contribution in [3.05, 3.63) is 35.1 Å². The molecule has 1 saturated carbocycles. The normalized spacial score (nSPS) is 17.6. The van der Waals surface area contributed by atoms with Gasteiger partial charge in [-0.25, -0.2) is 4.39 Å². The third kappa shape index (κ3) is 3.08. The largest absolute Gasteiger partial charge is 0.310 e. The lowest BCUT2D eigenvalue weighted by Gasteiger charge is -2.20. The second-order valence-corrected chi connectivity index (χ2v) is 5.14. The first-order valence-electron chi connectivity index (χ1n) is 6.62. The van der Waals surface area contributed by atoms with Crippen LogP contribution in [0.1, 0.15) is 43.7 Å². The molecule has 1 fully saturated rings. The van der Waals surface area contributed by atoms with Gasteiger partial charge in [0.1, 0.15) is 11.9 Å². The molecule has 1 aromatic rings. The zero-order valence-corrected chi connectivity index (χ0v) is 10.7. The van der Waals surface area contributed by atoms with Crippen molar-refractivity contribution in [1.29, 1.82) is 5.26 Å². The maximum atomic E-state index is 13.2. The maximum absolute atomic E-state index is 13.2. The molecule has 1 aromatic carbocycles. The van der Waals surface area contributed by atoms with Crippen molar-refractivity contribution in [2.45, 2.75) is 45.2 Å². The molecular weight excluding hydrogens is 227 g/mol. The highest BCUT2D eigenvalue weighted by Gasteiger charge is 2.20. The summed E-state index contributed by atoms with van der Waals surface area (Å²) in [6.45, 7) is 2.91. The number of hydrogen-bond acceptors (Lipinski definition) is 2. The molecule has 0 aliphatic heterocycles. The highest BCUT2D eigenvalue weighted by molar-refractivity contribution is 5.34. The number of rotatable bonds is 4. The topological polar surface area (TPSA) is 35.8 Å². The fourth-order valence-corrected chi connectivity index (χ4v) is 2.67. The summed E-state index contributed by atoms with van der Waals surface area (Å²) in [7, 11) is 0. The Morgan fingerprint density at radius 3 is 2.83 bits per heavy atom. The van der Waals surface area contributed by atoms with E-state index >= 15 is 0 Å². The van der Waals surface area contributed by atoms with Crippen molar-refractivity contribution in [2.24, 2.45) is 5.92 Å². The van der Waals surface area contributed by atoms with Gasteiger partial charge in [0.15, 0.2) is 0 Å². The fraction of sp³-hybridized carbons (Fsp3) is 0.533. The number of hydrogen-bond donors (Lipinski definition) is 1. The van der Waals surface area contributed by atoms with E-state index < -0.39 is 5.82 Å². The molecule has 0 spiro atoms. The molecule has 1 atom stereocenters. The molecule has 0 aromatic heterocycles. The van der Waals surface area contributed by atoms with Gasteiger partial charge in [0.05, 0.1) is 5.56 Å². The molecule has 2 rings (SSSR count). The van der Waals surface area contributed by atoms with Gasteiger partial charge in [-0.3, -0.25) is 0 Å². The van der Waals surface area contributed by atoms with E-state index in [1.165, 1.54) is 31.7 Å². The lowest BCUT2D eigenvalue weighted by molar-refractivity contribution is 0.380. The third-order valence-corrected chi connectivity index (χ3v) is 3.89. The summed E-state index contributed by atoms with van der Waals surface area (Å²) in [6, 6.07) is 7.10.